The summed E-state index contributed by atoms with van der Waals surface area (Å²) in [6.45, 7) is 3.43. The number of rotatable bonds is 5. The summed E-state index contributed by atoms with van der Waals surface area (Å²) in [6, 6.07) is 3.87. The van der Waals surface area contributed by atoms with Crippen LogP contribution in [0.3, 0.4) is 0 Å². The van der Waals surface area contributed by atoms with Crippen molar-refractivity contribution in [2.45, 2.75) is 37.7 Å². The number of nitrogens with zero attached hydrogens (tertiary/aromatic N) is 2. The molecule has 1 amide bonds. The summed E-state index contributed by atoms with van der Waals surface area (Å²) in [7, 11) is 1.83. The largest absolute Gasteiger partial charge is 0.373 e. The second-order valence-corrected chi connectivity index (χ2v) is 7.78. The first-order valence-electron chi connectivity index (χ1n) is 9.17. The molecule has 3 atom stereocenters. The third-order valence-electron chi connectivity index (χ3n) is 6.29. The fourth-order valence-electron chi connectivity index (χ4n) is 5.07. The van der Waals surface area contributed by atoms with Gasteiger partial charge in [0, 0.05) is 44.8 Å². The number of amides is 1. The third kappa shape index (κ3) is 3.29. The molecule has 138 valence electrons. The molecule has 1 aliphatic heterocycles. The van der Waals surface area contributed by atoms with E-state index in [9.17, 15) is 4.79 Å². The van der Waals surface area contributed by atoms with Gasteiger partial charge < -0.3 is 15.4 Å². The van der Waals surface area contributed by atoms with Gasteiger partial charge in [0.25, 0.3) is 5.91 Å². The molecular weight excluding hydrogens is 338 g/mol. The van der Waals surface area contributed by atoms with Crippen LogP contribution in [-0.2, 0) is 10.3 Å². The van der Waals surface area contributed by atoms with Crippen molar-refractivity contribution in [3.8, 4) is 0 Å². The van der Waals surface area contributed by atoms with Gasteiger partial charge >= 0.3 is 0 Å². The van der Waals surface area contributed by atoms with Gasteiger partial charge in [-0.15, -0.1) is 12.4 Å². The average molecular weight is 366 g/mol. The van der Waals surface area contributed by atoms with Gasteiger partial charge in [0.15, 0.2) is 0 Å². The van der Waals surface area contributed by atoms with Crippen molar-refractivity contribution in [2.24, 2.45) is 23.5 Å². The lowest BCUT2D eigenvalue weighted by molar-refractivity contribution is -0.169. The molecule has 0 unspecified atom stereocenters. The van der Waals surface area contributed by atoms with Crippen LogP contribution in [0.4, 0.5) is 0 Å². The van der Waals surface area contributed by atoms with Crippen molar-refractivity contribution in [2.75, 3.05) is 26.7 Å². The Morgan fingerprint density at radius 3 is 2.56 bits per heavy atom. The highest BCUT2D eigenvalue weighted by atomic mass is 35.5. The standard InChI is InChI=1S/C19H27N3O2.ClH/c1-24-19(14-7-8-21-17(9-14)18(20)23)15-3-2-4-16(19)12-22(11-15)10-13-5-6-13;/h7-9,13,15-16H,2-6,10-12H2,1H3,(H2,20,23);1H/t15-,16+,19-;. The predicted octanol–water partition coefficient (Wildman–Crippen LogP) is 2.59. The summed E-state index contributed by atoms with van der Waals surface area (Å²) in [6.07, 6.45) is 8.12. The first kappa shape index (κ1) is 18.6. The van der Waals surface area contributed by atoms with Crippen molar-refractivity contribution in [1.29, 1.82) is 0 Å². The summed E-state index contributed by atoms with van der Waals surface area (Å²) in [5.41, 5.74) is 6.56. The maximum absolute atomic E-state index is 11.6. The second kappa shape index (κ2) is 7.22. The molecule has 2 heterocycles. The Bertz CT molecular complexity index is 621. The lowest BCUT2D eigenvalue weighted by Gasteiger charge is -2.55. The molecule has 2 aliphatic carbocycles. The summed E-state index contributed by atoms with van der Waals surface area (Å²) in [5, 5.41) is 0. The number of fused-ring (bicyclic) bond motifs is 2. The molecule has 0 radical (unpaired) electrons. The van der Waals surface area contributed by atoms with E-state index >= 15 is 0 Å². The Balaban J connectivity index is 0.00000182. The molecule has 2 saturated carbocycles. The fraction of sp³-hybridized carbons (Fsp3) is 0.684. The fourth-order valence-corrected chi connectivity index (χ4v) is 5.07. The maximum atomic E-state index is 11.6. The van der Waals surface area contributed by atoms with E-state index < -0.39 is 5.91 Å². The molecule has 0 aromatic carbocycles. The Kier molecular flexibility index (Phi) is 5.37. The average Bonchev–Trinajstić information content (AvgIpc) is 3.38. The number of hydrogen-bond acceptors (Lipinski definition) is 4. The van der Waals surface area contributed by atoms with Gasteiger partial charge in [-0.1, -0.05) is 6.42 Å². The number of piperidine rings is 1. The maximum Gasteiger partial charge on any atom is 0.267 e. The van der Waals surface area contributed by atoms with Crippen LogP contribution in [0, 0.1) is 17.8 Å². The van der Waals surface area contributed by atoms with E-state index in [1.54, 1.807) is 6.20 Å². The van der Waals surface area contributed by atoms with Gasteiger partial charge in [-0.3, -0.25) is 9.78 Å². The van der Waals surface area contributed by atoms with Crippen molar-refractivity contribution in [3.63, 3.8) is 0 Å². The Morgan fingerprint density at radius 2 is 2.00 bits per heavy atom. The monoisotopic (exact) mass is 365 g/mol. The lowest BCUT2D eigenvalue weighted by Crippen LogP contribution is -2.59. The number of ether oxygens (including phenoxy) is 1. The van der Waals surface area contributed by atoms with Crippen LogP contribution in [0.15, 0.2) is 18.3 Å². The highest BCUT2D eigenvalue weighted by molar-refractivity contribution is 5.90. The predicted molar refractivity (Wildman–Crippen MR) is 98.7 cm³/mol. The topological polar surface area (TPSA) is 68.5 Å². The van der Waals surface area contributed by atoms with Crippen LogP contribution in [-0.4, -0.2) is 42.5 Å². The van der Waals surface area contributed by atoms with E-state index in [0.29, 0.717) is 17.5 Å². The molecule has 0 spiro atoms. The number of pyridine rings is 1. The van der Waals surface area contributed by atoms with Gasteiger partial charge in [-0.25, -0.2) is 0 Å². The minimum absolute atomic E-state index is 0. The highest BCUT2D eigenvalue weighted by Crippen LogP contribution is 2.51. The first-order chi connectivity index (χ1) is 11.6. The molecule has 4 rings (SSSR count). The zero-order chi connectivity index (χ0) is 16.7. The van der Waals surface area contributed by atoms with Gasteiger partial charge in [0.2, 0.25) is 0 Å². The molecule has 2 N–H and O–H groups in total. The number of nitrogens with two attached hydrogens (primary N) is 1. The molecule has 2 bridgehead atoms. The summed E-state index contributed by atoms with van der Waals surface area (Å²) < 4.78 is 6.23. The van der Waals surface area contributed by atoms with E-state index in [-0.39, 0.29) is 18.0 Å². The molecule has 1 aromatic rings. The Hall–Kier alpha value is -1.17. The Morgan fingerprint density at radius 1 is 1.32 bits per heavy atom. The second-order valence-electron chi connectivity index (χ2n) is 7.78. The lowest BCUT2D eigenvalue weighted by atomic mass is 9.62. The molecule has 1 saturated heterocycles. The summed E-state index contributed by atoms with van der Waals surface area (Å²) >= 11 is 0. The van der Waals surface area contributed by atoms with Crippen molar-refractivity contribution in [3.05, 3.63) is 29.6 Å². The van der Waals surface area contributed by atoms with Gasteiger partial charge in [-0.2, -0.15) is 0 Å². The Labute approximate surface area is 155 Å². The quantitative estimate of drug-likeness (QED) is 0.870. The zero-order valence-electron chi connectivity index (χ0n) is 14.8. The molecule has 6 heteroatoms. The van der Waals surface area contributed by atoms with Crippen LogP contribution >= 0.6 is 12.4 Å². The van der Waals surface area contributed by atoms with Crippen molar-refractivity contribution < 1.29 is 9.53 Å². The summed E-state index contributed by atoms with van der Waals surface area (Å²) in [5.74, 6) is 1.39. The molecule has 3 fully saturated rings. The van der Waals surface area contributed by atoms with E-state index in [1.165, 1.54) is 38.6 Å². The smallest absolute Gasteiger partial charge is 0.267 e. The summed E-state index contributed by atoms with van der Waals surface area (Å²) in [4.78, 5) is 18.3. The number of halogens is 1. The zero-order valence-corrected chi connectivity index (χ0v) is 15.6. The number of aromatic nitrogens is 1. The van der Waals surface area contributed by atoms with Crippen LogP contribution in [0.5, 0.6) is 0 Å². The molecule has 25 heavy (non-hydrogen) atoms. The van der Waals surface area contributed by atoms with Crippen molar-refractivity contribution in [1.82, 2.24) is 9.88 Å². The van der Waals surface area contributed by atoms with E-state index in [0.717, 1.165) is 24.6 Å². The van der Waals surface area contributed by atoms with Crippen LogP contribution in [0.2, 0.25) is 0 Å². The van der Waals surface area contributed by atoms with E-state index in [1.807, 2.05) is 19.2 Å². The highest BCUT2D eigenvalue weighted by Gasteiger charge is 2.53. The number of methoxy groups -OCH3 is 1. The van der Waals surface area contributed by atoms with Crippen LogP contribution in [0.25, 0.3) is 0 Å². The number of carbonyl (C=O) groups excluding carboxylic acids is 1. The van der Waals surface area contributed by atoms with Crippen LogP contribution in [0.1, 0.15) is 48.2 Å². The van der Waals surface area contributed by atoms with Crippen molar-refractivity contribution >= 4 is 18.3 Å². The third-order valence-corrected chi connectivity index (χ3v) is 6.29. The number of hydrogen-bond donors (Lipinski definition) is 1. The molecule has 1 aromatic heterocycles. The molecular formula is C19H28ClN3O2. The number of likely N-dealkylation sites (tertiary alicyclic amines) is 1. The minimum Gasteiger partial charge on any atom is -0.373 e. The normalized spacial score (nSPS) is 32.0. The minimum atomic E-state index is -0.473. The SMILES string of the molecule is CO[C@]1(c2ccnc(C(N)=O)c2)[C@@H]2CCC[C@H]1CN(CC1CC1)C2.Cl. The van der Waals surface area contributed by atoms with E-state index in [2.05, 4.69) is 9.88 Å². The van der Waals surface area contributed by atoms with Gasteiger partial charge in [-0.05, 0) is 49.3 Å². The van der Waals surface area contributed by atoms with Gasteiger partial charge in [0.1, 0.15) is 11.3 Å². The molecule has 5 nitrogen and oxygen atoms in total. The van der Waals surface area contributed by atoms with Crippen LogP contribution < -0.4 is 5.73 Å². The number of carbonyl (C=O) groups is 1. The molecule has 3 aliphatic rings. The number of primary amides is 1. The first-order valence-corrected chi connectivity index (χ1v) is 9.17. The van der Waals surface area contributed by atoms with Gasteiger partial charge in [0.05, 0.1) is 0 Å². The van der Waals surface area contributed by atoms with E-state index in [4.69, 9.17) is 10.5 Å².